The Hall–Kier alpha value is -0.580. The highest BCUT2D eigenvalue weighted by molar-refractivity contribution is 6.30. The van der Waals surface area contributed by atoms with E-state index in [9.17, 15) is 0 Å². The average molecular weight is 249 g/mol. The van der Waals surface area contributed by atoms with Crippen molar-refractivity contribution < 1.29 is 0 Å². The van der Waals surface area contributed by atoms with Crippen molar-refractivity contribution in [1.29, 1.82) is 0 Å². The summed E-state index contributed by atoms with van der Waals surface area (Å²) in [6, 6.07) is 0. The summed E-state index contributed by atoms with van der Waals surface area (Å²) in [5, 5.41) is 3.83. The predicted octanol–water partition coefficient (Wildman–Crippen LogP) is 1.27. The monoisotopic (exact) mass is 248 g/mol. The molecule has 0 saturated carbocycles. The van der Waals surface area contributed by atoms with Crippen molar-refractivity contribution >= 4 is 30.0 Å². The van der Waals surface area contributed by atoms with E-state index in [1.807, 2.05) is 6.92 Å². The van der Waals surface area contributed by atoms with Crippen LogP contribution in [0.1, 0.15) is 5.56 Å². The van der Waals surface area contributed by atoms with Crippen molar-refractivity contribution in [3.63, 3.8) is 0 Å². The number of aromatic nitrogens is 2. The van der Waals surface area contributed by atoms with Gasteiger partial charge in [0.15, 0.2) is 0 Å². The first kappa shape index (κ1) is 12.5. The summed E-state index contributed by atoms with van der Waals surface area (Å²) in [6.07, 6.45) is 1.77. The van der Waals surface area contributed by atoms with Gasteiger partial charge in [-0.3, -0.25) is 0 Å². The Morgan fingerprint density at radius 3 is 2.67 bits per heavy atom. The maximum Gasteiger partial charge on any atom is 0.226 e. The fourth-order valence-electron chi connectivity index (χ4n) is 1.43. The summed E-state index contributed by atoms with van der Waals surface area (Å²) >= 11 is 5.94. The topological polar surface area (TPSA) is 41.1 Å². The molecular weight excluding hydrogens is 235 g/mol. The second-order valence-corrected chi connectivity index (χ2v) is 3.74. The summed E-state index contributed by atoms with van der Waals surface area (Å²) in [6.45, 7) is 5.76. The summed E-state index contributed by atoms with van der Waals surface area (Å²) in [5.41, 5.74) is 0.922. The van der Waals surface area contributed by atoms with E-state index in [0.717, 1.165) is 37.7 Å². The van der Waals surface area contributed by atoms with Crippen molar-refractivity contribution in [2.24, 2.45) is 0 Å². The molecule has 1 fully saturated rings. The molecular formula is C9H14Cl2N4. The zero-order chi connectivity index (χ0) is 9.97. The highest BCUT2D eigenvalue weighted by atomic mass is 35.5. The molecule has 1 aliphatic heterocycles. The standard InChI is InChI=1S/C9H13ClN4.ClH/c1-7-6-12-9(13-8(7)10)14-4-2-11-3-5-14;/h6,11H,2-5H2,1H3;1H. The second-order valence-electron chi connectivity index (χ2n) is 3.38. The van der Waals surface area contributed by atoms with E-state index in [-0.39, 0.29) is 12.4 Å². The molecule has 0 atom stereocenters. The lowest BCUT2D eigenvalue weighted by atomic mass is 10.4. The van der Waals surface area contributed by atoms with E-state index < -0.39 is 0 Å². The lowest BCUT2D eigenvalue weighted by Gasteiger charge is -2.27. The summed E-state index contributed by atoms with van der Waals surface area (Å²) in [7, 11) is 0. The van der Waals surface area contributed by atoms with Gasteiger partial charge < -0.3 is 10.2 Å². The first-order valence-electron chi connectivity index (χ1n) is 4.72. The molecule has 2 heterocycles. The van der Waals surface area contributed by atoms with Crippen LogP contribution in [-0.4, -0.2) is 36.1 Å². The molecule has 15 heavy (non-hydrogen) atoms. The Balaban J connectivity index is 0.00000112. The van der Waals surface area contributed by atoms with Crippen LogP contribution in [0.4, 0.5) is 5.95 Å². The van der Waals surface area contributed by atoms with Crippen LogP contribution < -0.4 is 10.2 Å². The lowest BCUT2D eigenvalue weighted by Crippen LogP contribution is -2.44. The minimum Gasteiger partial charge on any atom is -0.338 e. The number of halogens is 2. The highest BCUT2D eigenvalue weighted by Gasteiger charge is 2.13. The number of hydrogen-bond acceptors (Lipinski definition) is 4. The van der Waals surface area contributed by atoms with Crippen LogP contribution in [0.3, 0.4) is 0 Å². The van der Waals surface area contributed by atoms with Crippen molar-refractivity contribution in [3.05, 3.63) is 16.9 Å². The maximum absolute atomic E-state index is 5.94. The normalized spacial score (nSPS) is 16.0. The van der Waals surface area contributed by atoms with Gasteiger partial charge in [-0.15, -0.1) is 12.4 Å². The molecule has 0 amide bonds. The minimum absolute atomic E-state index is 0. The molecule has 0 aliphatic carbocycles. The van der Waals surface area contributed by atoms with Crippen LogP contribution in [0.15, 0.2) is 6.20 Å². The van der Waals surface area contributed by atoms with Gasteiger partial charge >= 0.3 is 0 Å². The van der Waals surface area contributed by atoms with Crippen LogP contribution in [0.5, 0.6) is 0 Å². The van der Waals surface area contributed by atoms with E-state index in [4.69, 9.17) is 11.6 Å². The van der Waals surface area contributed by atoms with Crippen molar-refractivity contribution in [2.45, 2.75) is 6.92 Å². The zero-order valence-corrected chi connectivity index (χ0v) is 10.1. The quantitative estimate of drug-likeness (QED) is 0.761. The molecule has 2 rings (SSSR count). The van der Waals surface area contributed by atoms with Crippen molar-refractivity contribution in [3.8, 4) is 0 Å². The molecule has 84 valence electrons. The number of aryl methyl sites for hydroxylation is 1. The Morgan fingerprint density at radius 1 is 1.40 bits per heavy atom. The minimum atomic E-state index is 0. The third kappa shape index (κ3) is 2.93. The SMILES string of the molecule is Cc1cnc(N2CCNCC2)nc1Cl.Cl. The molecule has 1 aliphatic rings. The summed E-state index contributed by atoms with van der Waals surface area (Å²) < 4.78 is 0. The van der Waals surface area contributed by atoms with Crippen molar-refractivity contribution in [2.75, 3.05) is 31.1 Å². The van der Waals surface area contributed by atoms with Gasteiger partial charge in [-0.05, 0) is 6.92 Å². The fraction of sp³-hybridized carbons (Fsp3) is 0.556. The molecule has 1 saturated heterocycles. The zero-order valence-electron chi connectivity index (χ0n) is 8.53. The van der Waals surface area contributed by atoms with Crippen LogP contribution in [0, 0.1) is 6.92 Å². The van der Waals surface area contributed by atoms with E-state index in [2.05, 4.69) is 20.2 Å². The van der Waals surface area contributed by atoms with Gasteiger partial charge in [0, 0.05) is 37.9 Å². The van der Waals surface area contributed by atoms with Gasteiger partial charge in [0.05, 0.1) is 0 Å². The molecule has 0 unspecified atom stereocenters. The number of rotatable bonds is 1. The molecule has 0 spiro atoms. The fourth-order valence-corrected chi connectivity index (χ4v) is 1.55. The number of piperazine rings is 1. The van der Waals surface area contributed by atoms with Crippen LogP contribution in [0.25, 0.3) is 0 Å². The van der Waals surface area contributed by atoms with Crippen LogP contribution in [0.2, 0.25) is 5.15 Å². The van der Waals surface area contributed by atoms with E-state index >= 15 is 0 Å². The Bertz CT molecular complexity index is 326. The largest absolute Gasteiger partial charge is 0.338 e. The smallest absolute Gasteiger partial charge is 0.226 e. The third-order valence-corrected chi connectivity index (χ3v) is 2.68. The van der Waals surface area contributed by atoms with E-state index in [1.54, 1.807) is 6.20 Å². The number of nitrogens with zero attached hydrogens (tertiary/aromatic N) is 3. The van der Waals surface area contributed by atoms with Gasteiger partial charge in [0.1, 0.15) is 5.15 Å². The molecule has 1 N–H and O–H groups in total. The van der Waals surface area contributed by atoms with Crippen LogP contribution in [-0.2, 0) is 0 Å². The number of nitrogens with one attached hydrogen (secondary N) is 1. The van der Waals surface area contributed by atoms with Gasteiger partial charge in [-0.2, -0.15) is 0 Å². The van der Waals surface area contributed by atoms with Crippen molar-refractivity contribution in [1.82, 2.24) is 15.3 Å². The number of anilines is 1. The van der Waals surface area contributed by atoms with E-state index in [0.29, 0.717) is 5.15 Å². The molecule has 0 bridgehead atoms. The Labute approximate surface area is 100 Å². The Morgan fingerprint density at radius 2 is 2.07 bits per heavy atom. The molecule has 0 aromatic carbocycles. The maximum atomic E-state index is 5.94. The summed E-state index contributed by atoms with van der Waals surface area (Å²) in [4.78, 5) is 10.7. The average Bonchev–Trinajstić information content (AvgIpc) is 2.23. The number of hydrogen-bond donors (Lipinski definition) is 1. The molecule has 1 aromatic rings. The second kappa shape index (κ2) is 5.49. The lowest BCUT2D eigenvalue weighted by molar-refractivity contribution is 0.579. The van der Waals surface area contributed by atoms with Gasteiger partial charge in [-0.1, -0.05) is 11.6 Å². The molecule has 6 heteroatoms. The predicted molar refractivity (Wildman–Crippen MR) is 64.1 cm³/mol. The van der Waals surface area contributed by atoms with Gasteiger partial charge in [0.2, 0.25) is 5.95 Å². The molecule has 1 aromatic heterocycles. The van der Waals surface area contributed by atoms with Crippen LogP contribution >= 0.6 is 24.0 Å². The van der Waals surface area contributed by atoms with E-state index in [1.165, 1.54) is 0 Å². The highest BCUT2D eigenvalue weighted by Crippen LogP contribution is 2.15. The molecule has 4 nitrogen and oxygen atoms in total. The summed E-state index contributed by atoms with van der Waals surface area (Å²) in [5.74, 6) is 0.738. The first-order chi connectivity index (χ1) is 6.77. The Kier molecular flexibility index (Phi) is 4.57. The molecule has 0 radical (unpaired) electrons. The first-order valence-corrected chi connectivity index (χ1v) is 5.10. The van der Waals surface area contributed by atoms with Gasteiger partial charge in [-0.25, -0.2) is 9.97 Å². The van der Waals surface area contributed by atoms with Gasteiger partial charge in [0.25, 0.3) is 0 Å². The third-order valence-electron chi connectivity index (χ3n) is 2.30.